The standard InChI is InChI=1S/C8H9NO5/c9-7(8(13)14)3-1-5(11)6(12)2-4(3)10/h1-2,7,10-12H,9H2,(H,13,14). The average molecular weight is 199 g/mol. The molecule has 1 aromatic rings. The molecule has 6 N–H and O–H groups in total. The van der Waals surface area contributed by atoms with Gasteiger partial charge in [-0.1, -0.05) is 0 Å². The molecule has 14 heavy (non-hydrogen) atoms. The van der Waals surface area contributed by atoms with E-state index in [9.17, 15) is 9.90 Å². The fourth-order valence-electron chi connectivity index (χ4n) is 0.964. The lowest BCUT2D eigenvalue weighted by molar-refractivity contribution is -0.138. The van der Waals surface area contributed by atoms with Crippen LogP contribution in [-0.4, -0.2) is 26.4 Å². The van der Waals surface area contributed by atoms with E-state index in [1.807, 2.05) is 0 Å². The van der Waals surface area contributed by atoms with Crippen LogP contribution in [0.4, 0.5) is 0 Å². The van der Waals surface area contributed by atoms with Gasteiger partial charge in [0.2, 0.25) is 0 Å². The zero-order chi connectivity index (χ0) is 10.9. The van der Waals surface area contributed by atoms with Gasteiger partial charge in [-0.3, -0.25) is 4.79 Å². The molecule has 0 aliphatic carbocycles. The normalized spacial score (nSPS) is 12.4. The van der Waals surface area contributed by atoms with Gasteiger partial charge >= 0.3 is 5.97 Å². The van der Waals surface area contributed by atoms with Crippen molar-refractivity contribution in [1.82, 2.24) is 0 Å². The van der Waals surface area contributed by atoms with Gasteiger partial charge in [0.05, 0.1) is 0 Å². The molecule has 0 amide bonds. The SMILES string of the molecule is NC(C(=O)O)c1cc(O)c(O)cc1O. The van der Waals surface area contributed by atoms with E-state index in [1.54, 1.807) is 0 Å². The van der Waals surface area contributed by atoms with E-state index in [0.29, 0.717) is 0 Å². The van der Waals surface area contributed by atoms with Gasteiger partial charge in [-0.15, -0.1) is 0 Å². The van der Waals surface area contributed by atoms with E-state index >= 15 is 0 Å². The van der Waals surface area contributed by atoms with E-state index in [-0.39, 0.29) is 5.56 Å². The molecule has 0 aliphatic heterocycles. The number of nitrogens with two attached hydrogens (primary N) is 1. The first-order chi connectivity index (χ1) is 6.43. The van der Waals surface area contributed by atoms with Crippen LogP contribution >= 0.6 is 0 Å². The van der Waals surface area contributed by atoms with Crippen LogP contribution in [0.3, 0.4) is 0 Å². The van der Waals surface area contributed by atoms with Crippen molar-refractivity contribution in [2.45, 2.75) is 6.04 Å². The predicted octanol–water partition coefficient (Wildman–Crippen LogP) is -0.112. The van der Waals surface area contributed by atoms with Crippen molar-refractivity contribution in [2.24, 2.45) is 5.73 Å². The molecule has 6 nitrogen and oxygen atoms in total. The first kappa shape index (κ1) is 10.1. The number of carboxylic acid groups (broad SMARTS) is 1. The number of hydrogen-bond acceptors (Lipinski definition) is 5. The van der Waals surface area contributed by atoms with Crippen LogP contribution in [0.25, 0.3) is 0 Å². The second kappa shape index (κ2) is 3.43. The molecule has 1 unspecified atom stereocenters. The summed E-state index contributed by atoms with van der Waals surface area (Å²) in [5.74, 6) is -2.89. The van der Waals surface area contributed by atoms with Crippen molar-refractivity contribution >= 4 is 5.97 Å². The molecule has 0 fully saturated rings. The molecule has 0 heterocycles. The van der Waals surface area contributed by atoms with Crippen LogP contribution in [0.5, 0.6) is 17.2 Å². The van der Waals surface area contributed by atoms with Crippen LogP contribution in [0.2, 0.25) is 0 Å². The number of benzene rings is 1. The monoisotopic (exact) mass is 199 g/mol. The van der Waals surface area contributed by atoms with Crippen LogP contribution in [0, 0.1) is 0 Å². The van der Waals surface area contributed by atoms with Crippen LogP contribution in [0.15, 0.2) is 12.1 Å². The molecular weight excluding hydrogens is 190 g/mol. The van der Waals surface area contributed by atoms with E-state index in [1.165, 1.54) is 0 Å². The summed E-state index contributed by atoms with van der Waals surface area (Å²) >= 11 is 0. The number of rotatable bonds is 2. The minimum absolute atomic E-state index is 0.159. The minimum Gasteiger partial charge on any atom is -0.507 e. The average Bonchev–Trinajstić information content (AvgIpc) is 2.10. The Kier molecular flexibility index (Phi) is 2.48. The third kappa shape index (κ3) is 1.69. The Morgan fingerprint density at radius 2 is 1.64 bits per heavy atom. The van der Waals surface area contributed by atoms with Gasteiger partial charge in [0.25, 0.3) is 0 Å². The number of aromatic hydroxyl groups is 3. The smallest absolute Gasteiger partial charge is 0.325 e. The fourth-order valence-corrected chi connectivity index (χ4v) is 0.964. The molecule has 1 aromatic carbocycles. The van der Waals surface area contributed by atoms with Crippen molar-refractivity contribution in [2.75, 3.05) is 0 Å². The van der Waals surface area contributed by atoms with Crippen LogP contribution in [0.1, 0.15) is 11.6 Å². The number of phenolic OH excluding ortho intramolecular Hbond substituents is 3. The fraction of sp³-hybridized carbons (Fsp3) is 0.125. The lowest BCUT2D eigenvalue weighted by Gasteiger charge is -2.10. The molecule has 76 valence electrons. The molecule has 0 spiro atoms. The van der Waals surface area contributed by atoms with E-state index in [4.69, 9.17) is 21.1 Å². The maximum atomic E-state index is 10.5. The molecule has 0 aliphatic rings. The predicted molar refractivity (Wildman–Crippen MR) is 46.0 cm³/mol. The summed E-state index contributed by atoms with van der Waals surface area (Å²) in [5.41, 5.74) is 5.05. The number of hydrogen-bond donors (Lipinski definition) is 5. The van der Waals surface area contributed by atoms with Gasteiger partial charge in [0.15, 0.2) is 11.5 Å². The van der Waals surface area contributed by atoms with Crippen molar-refractivity contribution < 1.29 is 25.2 Å². The number of carboxylic acids is 1. The maximum absolute atomic E-state index is 10.5. The Morgan fingerprint density at radius 3 is 2.14 bits per heavy atom. The van der Waals surface area contributed by atoms with Crippen molar-refractivity contribution in [1.29, 1.82) is 0 Å². The Labute approximate surface area is 78.8 Å². The summed E-state index contributed by atoms with van der Waals surface area (Å²) in [5, 5.41) is 35.8. The molecule has 0 saturated heterocycles. The third-order valence-electron chi connectivity index (χ3n) is 1.72. The van der Waals surface area contributed by atoms with E-state index < -0.39 is 29.3 Å². The first-order valence-corrected chi connectivity index (χ1v) is 3.66. The summed E-state index contributed by atoms with van der Waals surface area (Å²) in [6.45, 7) is 0. The maximum Gasteiger partial charge on any atom is 0.325 e. The van der Waals surface area contributed by atoms with Crippen molar-refractivity contribution in [3.63, 3.8) is 0 Å². The zero-order valence-corrected chi connectivity index (χ0v) is 7.01. The molecule has 6 heteroatoms. The lowest BCUT2D eigenvalue weighted by Crippen LogP contribution is -2.20. The summed E-state index contributed by atoms with van der Waals surface area (Å²) in [6.07, 6.45) is 0. The summed E-state index contributed by atoms with van der Waals surface area (Å²) in [4.78, 5) is 10.5. The van der Waals surface area contributed by atoms with Gasteiger partial charge in [-0.05, 0) is 6.07 Å². The van der Waals surface area contributed by atoms with Crippen LogP contribution < -0.4 is 5.73 Å². The number of phenols is 3. The van der Waals surface area contributed by atoms with Crippen LogP contribution in [-0.2, 0) is 4.79 Å². The van der Waals surface area contributed by atoms with Gasteiger partial charge in [-0.2, -0.15) is 0 Å². The van der Waals surface area contributed by atoms with Gasteiger partial charge in [0, 0.05) is 11.6 Å². The number of aliphatic carboxylic acids is 1. The van der Waals surface area contributed by atoms with Crippen molar-refractivity contribution in [3.05, 3.63) is 17.7 Å². The van der Waals surface area contributed by atoms with Gasteiger partial charge < -0.3 is 26.2 Å². The highest BCUT2D eigenvalue weighted by Gasteiger charge is 2.20. The second-order valence-electron chi connectivity index (χ2n) is 2.72. The molecular formula is C8H9NO5. The van der Waals surface area contributed by atoms with E-state index in [2.05, 4.69) is 0 Å². The zero-order valence-electron chi connectivity index (χ0n) is 7.01. The molecule has 0 radical (unpaired) electrons. The minimum atomic E-state index is -1.44. The van der Waals surface area contributed by atoms with E-state index in [0.717, 1.165) is 12.1 Å². The summed E-state index contributed by atoms with van der Waals surface area (Å²) in [7, 11) is 0. The van der Waals surface area contributed by atoms with Gasteiger partial charge in [-0.25, -0.2) is 0 Å². The Balaban J connectivity index is 3.22. The second-order valence-corrected chi connectivity index (χ2v) is 2.72. The van der Waals surface area contributed by atoms with Gasteiger partial charge in [0.1, 0.15) is 11.8 Å². The Hall–Kier alpha value is -1.95. The quantitative estimate of drug-likeness (QED) is 0.334. The molecule has 0 saturated carbocycles. The molecule has 1 atom stereocenters. The Morgan fingerprint density at radius 1 is 1.14 bits per heavy atom. The highest BCUT2D eigenvalue weighted by molar-refractivity contribution is 5.77. The lowest BCUT2D eigenvalue weighted by atomic mass is 10.1. The third-order valence-corrected chi connectivity index (χ3v) is 1.72. The summed E-state index contributed by atoms with van der Waals surface area (Å²) < 4.78 is 0. The first-order valence-electron chi connectivity index (χ1n) is 3.66. The Bertz CT molecular complexity index is 376. The topological polar surface area (TPSA) is 124 Å². The molecule has 0 aromatic heterocycles. The highest BCUT2D eigenvalue weighted by Crippen LogP contribution is 2.34. The largest absolute Gasteiger partial charge is 0.507 e. The molecule has 0 bridgehead atoms. The molecule has 1 rings (SSSR count). The number of carbonyl (C=O) groups is 1. The summed E-state index contributed by atoms with van der Waals surface area (Å²) in [6, 6.07) is 0.290. The highest BCUT2D eigenvalue weighted by atomic mass is 16.4. The van der Waals surface area contributed by atoms with Crippen molar-refractivity contribution in [3.8, 4) is 17.2 Å².